The summed E-state index contributed by atoms with van der Waals surface area (Å²) in [7, 11) is 0. The number of rotatable bonds is 5. The minimum atomic E-state index is 0.00187. The Bertz CT molecular complexity index is 777. The van der Waals surface area contributed by atoms with Gasteiger partial charge in [-0.2, -0.15) is 0 Å². The minimum absolute atomic E-state index is 0.00187. The highest BCUT2D eigenvalue weighted by Gasteiger charge is 2.23. The topological polar surface area (TPSA) is 57.0 Å². The Hall–Kier alpha value is -1.95. The highest BCUT2D eigenvalue weighted by atomic mass is 35.5. The van der Waals surface area contributed by atoms with Crippen molar-refractivity contribution >= 4 is 34.8 Å². The Kier molecular flexibility index (Phi) is 6.25. The molecule has 0 saturated carbocycles. The molecule has 26 heavy (non-hydrogen) atoms. The van der Waals surface area contributed by atoms with E-state index in [-0.39, 0.29) is 5.91 Å². The number of benzene rings is 2. The number of anilines is 1. The Morgan fingerprint density at radius 2 is 1.88 bits per heavy atom. The van der Waals surface area contributed by atoms with E-state index in [9.17, 15) is 9.90 Å². The van der Waals surface area contributed by atoms with Crippen molar-refractivity contribution in [3.8, 4) is 5.75 Å². The highest BCUT2D eigenvalue weighted by Crippen LogP contribution is 2.26. The number of amides is 1. The average molecular weight is 395 g/mol. The molecule has 1 amide bonds. The van der Waals surface area contributed by atoms with Crippen LogP contribution in [0, 0.1) is 0 Å². The Labute approximate surface area is 163 Å². The van der Waals surface area contributed by atoms with Gasteiger partial charge in [0.25, 0.3) is 5.91 Å². The van der Waals surface area contributed by atoms with Gasteiger partial charge < -0.3 is 20.2 Å². The molecule has 0 aromatic heterocycles. The minimum Gasteiger partial charge on any atom is -0.506 e. The van der Waals surface area contributed by atoms with Crippen molar-refractivity contribution in [3.05, 3.63) is 58.1 Å². The zero-order valence-corrected chi connectivity index (χ0v) is 15.9. The maximum Gasteiger partial charge on any atom is 0.275 e. The summed E-state index contributed by atoms with van der Waals surface area (Å²) >= 11 is 12.0. The Morgan fingerprint density at radius 3 is 2.58 bits per heavy atom. The molecule has 1 heterocycles. The molecule has 0 radical (unpaired) electrons. The van der Waals surface area contributed by atoms with Crippen LogP contribution < -0.4 is 15.1 Å². The zero-order valence-electron chi connectivity index (χ0n) is 14.3. The van der Waals surface area contributed by atoms with Crippen LogP contribution >= 0.6 is 23.2 Å². The van der Waals surface area contributed by atoms with E-state index < -0.39 is 0 Å². The molecule has 0 bridgehead atoms. The second kappa shape index (κ2) is 8.62. The van der Waals surface area contributed by atoms with Crippen LogP contribution in [0.25, 0.3) is 0 Å². The quantitative estimate of drug-likeness (QED) is 0.723. The molecule has 7 heteroatoms. The summed E-state index contributed by atoms with van der Waals surface area (Å²) in [5.74, 6) is 0.301. The standard InChI is InChI=1S/C19H21Cl2N3O2/c20-15-6-5-14(16(21)11-15)12-22-19(26)13-23-7-9-24(10-8-23)17-3-1-2-4-18(17)25/h1-6,11,25H,7-10,12-13H2,(H,22,26)/p+1. The summed E-state index contributed by atoms with van der Waals surface area (Å²) in [4.78, 5) is 15.6. The smallest absolute Gasteiger partial charge is 0.275 e. The van der Waals surface area contributed by atoms with Crippen LogP contribution in [-0.4, -0.2) is 43.7 Å². The van der Waals surface area contributed by atoms with Crippen molar-refractivity contribution in [2.75, 3.05) is 37.6 Å². The molecule has 0 unspecified atom stereocenters. The first-order valence-corrected chi connectivity index (χ1v) is 9.35. The molecule has 3 N–H and O–H groups in total. The Morgan fingerprint density at radius 1 is 1.15 bits per heavy atom. The van der Waals surface area contributed by atoms with Gasteiger partial charge >= 0.3 is 0 Å². The molecule has 2 aromatic carbocycles. The van der Waals surface area contributed by atoms with Crippen molar-refractivity contribution in [3.63, 3.8) is 0 Å². The van der Waals surface area contributed by atoms with E-state index in [2.05, 4.69) is 10.2 Å². The molecule has 0 spiro atoms. The number of quaternary nitrogens is 1. The number of halogens is 2. The van der Waals surface area contributed by atoms with Crippen LogP contribution in [-0.2, 0) is 11.3 Å². The predicted molar refractivity (Wildman–Crippen MR) is 104 cm³/mol. The number of hydrogen-bond acceptors (Lipinski definition) is 3. The van der Waals surface area contributed by atoms with Crippen molar-refractivity contribution in [1.82, 2.24) is 5.32 Å². The fourth-order valence-electron chi connectivity index (χ4n) is 3.12. The number of carbonyl (C=O) groups excluding carboxylic acids is 1. The van der Waals surface area contributed by atoms with E-state index in [0.717, 1.165) is 37.4 Å². The van der Waals surface area contributed by atoms with E-state index in [1.54, 1.807) is 18.2 Å². The number of nitrogens with zero attached hydrogens (tertiary/aromatic N) is 1. The summed E-state index contributed by atoms with van der Waals surface area (Å²) in [5.41, 5.74) is 1.71. The zero-order chi connectivity index (χ0) is 18.5. The van der Waals surface area contributed by atoms with Crippen molar-refractivity contribution in [1.29, 1.82) is 0 Å². The van der Waals surface area contributed by atoms with E-state index in [1.165, 1.54) is 4.90 Å². The Balaban J connectivity index is 1.45. The summed E-state index contributed by atoms with van der Waals surface area (Å²) in [6, 6.07) is 12.6. The molecule has 0 atom stereocenters. The number of carbonyl (C=O) groups is 1. The summed E-state index contributed by atoms with van der Waals surface area (Å²) in [6.07, 6.45) is 0. The summed E-state index contributed by atoms with van der Waals surface area (Å²) in [5, 5.41) is 14.0. The molecular formula is C19H22Cl2N3O2+. The molecular weight excluding hydrogens is 373 g/mol. The van der Waals surface area contributed by atoms with E-state index in [0.29, 0.717) is 28.9 Å². The first-order valence-electron chi connectivity index (χ1n) is 8.60. The van der Waals surface area contributed by atoms with Crippen LogP contribution in [0.4, 0.5) is 5.69 Å². The lowest BCUT2D eigenvalue weighted by Gasteiger charge is -2.33. The predicted octanol–water partition coefficient (Wildman–Crippen LogP) is 1.72. The maximum atomic E-state index is 12.2. The second-order valence-electron chi connectivity index (χ2n) is 6.42. The number of nitrogens with one attached hydrogen (secondary N) is 2. The number of piperazine rings is 1. The van der Waals surface area contributed by atoms with Crippen molar-refractivity contribution < 1.29 is 14.8 Å². The van der Waals surface area contributed by atoms with Crippen LogP contribution in [0.2, 0.25) is 10.0 Å². The fourth-order valence-corrected chi connectivity index (χ4v) is 3.60. The van der Waals surface area contributed by atoms with E-state index >= 15 is 0 Å². The molecule has 2 aromatic rings. The van der Waals surface area contributed by atoms with Gasteiger partial charge in [0, 0.05) is 16.6 Å². The normalized spacial score (nSPS) is 15.1. The number of hydrogen-bond donors (Lipinski definition) is 3. The van der Waals surface area contributed by atoms with Gasteiger partial charge in [0.1, 0.15) is 5.75 Å². The lowest BCUT2D eigenvalue weighted by Crippen LogP contribution is -3.15. The monoisotopic (exact) mass is 394 g/mol. The third-order valence-electron chi connectivity index (χ3n) is 4.59. The molecule has 1 aliphatic rings. The van der Waals surface area contributed by atoms with Gasteiger partial charge in [-0.15, -0.1) is 0 Å². The van der Waals surface area contributed by atoms with Gasteiger partial charge in [-0.1, -0.05) is 41.4 Å². The largest absolute Gasteiger partial charge is 0.506 e. The molecule has 0 aliphatic carbocycles. The first kappa shape index (κ1) is 18.8. The van der Waals surface area contributed by atoms with Crippen molar-refractivity contribution in [2.24, 2.45) is 0 Å². The van der Waals surface area contributed by atoms with Gasteiger partial charge in [-0.25, -0.2) is 0 Å². The van der Waals surface area contributed by atoms with E-state index in [4.69, 9.17) is 23.2 Å². The van der Waals surface area contributed by atoms with Crippen LogP contribution in [0.15, 0.2) is 42.5 Å². The maximum absolute atomic E-state index is 12.2. The molecule has 1 fully saturated rings. The lowest BCUT2D eigenvalue weighted by molar-refractivity contribution is -0.892. The third-order valence-corrected chi connectivity index (χ3v) is 5.18. The van der Waals surface area contributed by atoms with E-state index in [1.807, 2.05) is 24.3 Å². The molecule has 3 rings (SSSR count). The van der Waals surface area contributed by atoms with Gasteiger partial charge in [-0.05, 0) is 29.8 Å². The third kappa shape index (κ3) is 4.81. The molecule has 1 saturated heterocycles. The number of phenols is 1. The summed E-state index contributed by atoms with van der Waals surface area (Å²) < 4.78 is 0. The van der Waals surface area contributed by atoms with Gasteiger partial charge in [0.05, 0.1) is 31.9 Å². The summed E-state index contributed by atoms with van der Waals surface area (Å²) in [6.45, 7) is 4.14. The average Bonchev–Trinajstić information content (AvgIpc) is 2.62. The van der Waals surface area contributed by atoms with Crippen LogP contribution in [0.5, 0.6) is 5.75 Å². The van der Waals surface area contributed by atoms with Gasteiger partial charge in [-0.3, -0.25) is 4.79 Å². The van der Waals surface area contributed by atoms with Crippen LogP contribution in [0.3, 0.4) is 0 Å². The molecule has 138 valence electrons. The number of para-hydroxylation sites is 2. The second-order valence-corrected chi connectivity index (χ2v) is 7.26. The number of phenolic OH excluding ortho intramolecular Hbond substituents is 1. The SMILES string of the molecule is O=C(C[NH+]1CCN(c2ccccc2O)CC1)NCc1ccc(Cl)cc1Cl. The van der Waals surface area contributed by atoms with Crippen LogP contribution in [0.1, 0.15) is 5.56 Å². The van der Waals surface area contributed by atoms with Gasteiger partial charge in [0.2, 0.25) is 0 Å². The molecule has 1 aliphatic heterocycles. The van der Waals surface area contributed by atoms with Crippen molar-refractivity contribution in [2.45, 2.75) is 6.54 Å². The first-order chi connectivity index (χ1) is 12.5. The highest BCUT2D eigenvalue weighted by molar-refractivity contribution is 6.35. The lowest BCUT2D eigenvalue weighted by atomic mass is 10.2. The van der Waals surface area contributed by atoms with Gasteiger partial charge in [0.15, 0.2) is 6.54 Å². The fraction of sp³-hybridized carbons (Fsp3) is 0.316. The molecule has 5 nitrogen and oxygen atoms in total. The number of aromatic hydroxyl groups is 1.